The predicted octanol–water partition coefficient (Wildman–Crippen LogP) is 3.78. The molecule has 1 rings (SSSR count). The van der Waals surface area contributed by atoms with Crippen LogP contribution in [-0.4, -0.2) is 20.7 Å². The number of methoxy groups -OCH3 is 1. The molecule has 0 aliphatic carbocycles. The molecule has 17 heavy (non-hydrogen) atoms. The van der Waals surface area contributed by atoms with Gasteiger partial charge in [-0.05, 0) is 56.6 Å². The van der Waals surface area contributed by atoms with Crippen LogP contribution in [-0.2, 0) is 6.42 Å². The van der Waals surface area contributed by atoms with Crippen LogP contribution in [0.2, 0.25) is 0 Å². The monoisotopic (exact) mass is 299 g/mol. The molecule has 0 atom stereocenters. The van der Waals surface area contributed by atoms with Crippen molar-refractivity contribution < 1.29 is 4.74 Å². The van der Waals surface area contributed by atoms with E-state index in [1.54, 1.807) is 7.11 Å². The third kappa shape index (κ3) is 5.55. The van der Waals surface area contributed by atoms with E-state index in [2.05, 4.69) is 27.3 Å². The summed E-state index contributed by atoms with van der Waals surface area (Å²) in [5.74, 6) is 1.00. The Morgan fingerprint density at radius 3 is 2.65 bits per heavy atom. The third-order valence-electron chi connectivity index (χ3n) is 2.87. The molecule has 0 bridgehead atoms. The van der Waals surface area contributed by atoms with Crippen molar-refractivity contribution in [3.63, 3.8) is 0 Å². The fourth-order valence-corrected chi connectivity index (χ4v) is 2.32. The Labute approximate surface area is 113 Å². The summed E-state index contributed by atoms with van der Waals surface area (Å²) in [6.07, 6.45) is 6.19. The molecule has 0 aliphatic heterocycles. The van der Waals surface area contributed by atoms with E-state index in [0.717, 1.165) is 23.2 Å². The summed E-state index contributed by atoms with van der Waals surface area (Å²) in [5.41, 5.74) is 1.30. The van der Waals surface area contributed by atoms with Crippen molar-refractivity contribution in [2.24, 2.45) is 0 Å². The second-order valence-electron chi connectivity index (χ2n) is 4.22. The van der Waals surface area contributed by atoms with Crippen molar-refractivity contribution in [2.45, 2.75) is 32.1 Å². The van der Waals surface area contributed by atoms with Crippen molar-refractivity contribution in [1.29, 1.82) is 0 Å². The van der Waals surface area contributed by atoms with Crippen molar-refractivity contribution in [2.75, 3.05) is 20.7 Å². The summed E-state index contributed by atoms with van der Waals surface area (Å²) in [7, 11) is 3.74. The minimum atomic E-state index is 1.00. The SMILES string of the molecule is CNCCCCCCc1cc(Br)ccc1OC. The minimum absolute atomic E-state index is 1.00. The Kier molecular flexibility index (Phi) is 7.29. The molecule has 0 aliphatic rings. The lowest BCUT2D eigenvalue weighted by atomic mass is 10.1. The maximum Gasteiger partial charge on any atom is 0.122 e. The van der Waals surface area contributed by atoms with Crippen LogP contribution >= 0.6 is 15.9 Å². The van der Waals surface area contributed by atoms with Gasteiger partial charge >= 0.3 is 0 Å². The Bertz CT molecular complexity index is 328. The van der Waals surface area contributed by atoms with Crippen LogP contribution in [0.5, 0.6) is 5.75 Å². The van der Waals surface area contributed by atoms with E-state index in [-0.39, 0.29) is 0 Å². The first-order valence-electron chi connectivity index (χ1n) is 6.25. The first kappa shape index (κ1) is 14.5. The number of ether oxygens (including phenoxy) is 1. The van der Waals surface area contributed by atoms with Crippen LogP contribution in [0.1, 0.15) is 31.2 Å². The topological polar surface area (TPSA) is 21.3 Å². The average molecular weight is 300 g/mol. The van der Waals surface area contributed by atoms with Crippen molar-refractivity contribution in [3.8, 4) is 5.75 Å². The molecule has 0 saturated heterocycles. The van der Waals surface area contributed by atoms with Gasteiger partial charge in [-0.2, -0.15) is 0 Å². The third-order valence-corrected chi connectivity index (χ3v) is 3.36. The Balaban J connectivity index is 2.32. The van der Waals surface area contributed by atoms with Gasteiger partial charge in [-0.25, -0.2) is 0 Å². The van der Waals surface area contributed by atoms with E-state index in [1.807, 2.05) is 19.2 Å². The van der Waals surface area contributed by atoms with Gasteiger partial charge in [0, 0.05) is 4.47 Å². The summed E-state index contributed by atoms with van der Waals surface area (Å²) in [5, 5.41) is 3.18. The number of hydrogen-bond donors (Lipinski definition) is 1. The first-order chi connectivity index (χ1) is 8.27. The number of unbranched alkanes of at least 4 members (excludes halogenated alkanes) is 3. The lowest BCUT2D eigenvalue weighted by Gasteiger charge is -2.08. The predicted molar refractivity (Wildman–Crippen MR) is 76.8 cm³/mol. The number of rotatable bonds is 8. The summed E-state index contributed by atoms with van der Waals surface area (Å²) in [6, 6.07) is 6.21. The fraction of sp³-hybridized carbons (Fsp3) is 0.571. The lowest BCUT2D eigenvalue weighted by molar-refractivity contribution is 0.408. The molecule has 2 nitrogen and oxygen atoms in total. The van der Waals surface area contributed by atoms with Crippen LogP contribution in [0.3, 0.4) is 0 Å². The number of nitrogens with one attached hydrogen (secondary N) is 1. The van der Waals surface area contributed by atoms with E-state index in [4.69, 9.17) is 4.74 Å². The highest BCUT2D eigenvalue weighted by Crippen LogP contribution is 2.24. The van der Waals surface area contributed by atoms with Crippen LogP contribution < -0.4 is 10.1 Å². The van der Waals surface area contributed by atoms with Gasteiger partial charge < -0.3 is 10.1 Å². The van der Waals surface area contributed by atoms with Gasteiger partial charge in [-0.15, -0.1) is 0 Å². The molecule has 3 heteroatoms. The van der Waals surface area contributed by atoms with Crippen LogP contribution in [0.15, 0.2) is 22.7 Å². The Morgan fingerprint density at radius 2 is 1.94 bits per heavy atom. The van der Waals surface area contributed by atoms with E-state index in [9.17, 15) is 0 Å². The molecule has 96 valence electrons. The summed E-state index contributed by atoms with van der Waals surface area (Å²) >= 11 is 3.50. The molecule has 1 aromatic carbocycles. The Morgan fingerprint density at radius 1 is 1.18 bits per heavy atom. The summed E-state index contributed by atoms with van der Waals surface area (Å²) < 4.78 is 6.49. The molecular weight excluding hydrogens is 278 g/mol. The molecular formula is C14H22BrNO. The van der Waals surface area contributed by atoms with Crippen molar-refractivity contribution >= 4 is 15.9 Å². The van der Waals surface area contributed by atoms with Gasteiger partial charge in [0.05, 0.1) is 7.11 Å². The molecule has 0 spiro atoms. The van der Waals surface area contributed by atoms with E-state index in [1.165, 1.54) is 31.2 Å². The van der Waals surface area contributed by atoms with Gasteiger partial charge in [0.25, 0.3) is 0 Å². The normalized spacial score (nSPS) is 10.5. The first-order valence-corrected chi connectivity index (χ1v) is 7.04. The van der Waals surface area contributed by atoms with Gasteiger partial charge in [0.2, 0.25) is 0 Å². The van der Waals surface area contributed by atoms with Gasteiger partial charge in [-0.3, -0.25) is 0 Å². The second-order valence-corrected chi connectivity index (χ2v) is 5.14. The summed E-state index contributed by atoms with van der Waals surface area (Å²) in [6.45, 7) is 1.13. The highest BCUT2D eigenvalue weighted by Gasteiger charge is 2.03. The fourth-order valence-electron chi connectivity index (χ4n) is 1.91. The second kappa shape index (κ2) is 8.54. The largest absolute Gasteiger partial charge is 0.496 e. The maximum absolute atomic E-state index is 5.37. The molecule has 0 fully saturated rings. The molecule has 0 unspecified atom stereocenters. The minimum Gasteiger partial charge on any atom is -0.496 e. The molecule has 0 saturated carbocycles. The molecule has 1 N–H and O–H groups in total. The molecule has 1 aromatic rings. The standard InChI is InChI=1S/C14H22BrNO/c1-16-10-6-4-3-5-7-12-11-13(15)8-9-14(12)17-2/h8-9,11,16H,3-7,10H2,1-2H3. The van der Waals surface area contributed by atoms with Crippen LogP contribution in [0, 0.1) is 0 Å². The summed E-state index contributed by atoms with van der Waals surface area (Å²) in [4.78, 5) is 0. The maximum atomic E-state index is 5.37. The van der Waals surface area contributed by atoms with E-state index in [0.29, 0.717) is 0 Å². The number of halogens is 1. The highest BCUT2D eigenvalue weighted by molar-refractivity contribution is 9.10. The van der Waals surface area contributed by atoms with Crippen LogP contribution in [0.4, 0.5) is 0 Å². The molecule has 0 radical (unpaired) electrons. The van der Waals surface area contributed by atoms with Gasteiger partial charge in [-0.1, -0.05) is 28.8 Å². The van der Waals surface area contributed by atoms with Gasteiger partial charge in [0.15, 0.2) is 0 Å². The van der Waals surface area contributed by atoms with Gasteiger partial charge in [0.1, 0.15) is 5.75 Å². The van der Waals surface area contributed by atoms with Crippen LogP contribution in [0.25, 0.3) is 0 Å². The Hall–Kier alpha value is -0.540. The molecule has 0 aromatic heterocycles. The highest BCUT2D eigenvalue weighted by atomic mass is 79.9. The quantitative estimate of drug-likeness (QED) is 0.738. The smallest absolute Gasteiger partial charge is 0.122 e. The zero-order chi connectivity index (χ0) is 12.5. The van der Waals surface area contributed by atoms with E-state index < -0.39 is 0 Å². The number of benzene rings is 1. The molecule has 0 amide bonds. The lowest BCUT2D eigenvalue weighted by Crippen LogP contribution is -2.06. The number of hydrogen-bond acceptors (Lipinski definition) is 2. The average Bonchev–Trinajstić information content (AvgIpc) is 2.34. The molecule has 0 heterocycles. The zero-order valence-corrected chi connectivity index (χ0v) is 12.3. The number of aryl methyl sites for hydroxylation is 1. The van der Waals surface area contributed by atoms with Crippen molar-refractivity contribution in [3.05, 3.63) is 28.2 Å². The zero-order valence-electron chi connectivity index (χ0n) is 10.8. The van der Waals surface area contributed by atoms with Crippen molar-refractivity contribution in [1.82, 2.24) is 5.32 Å². The van der Waals surface area contributed by atoms with E-state index >= 15 is 0 Å².